The molecule has 0 bridgehead atoms. The van der Waals surface area contributed by atoms with E-state index in [0.717, 1.165) is 28.1 Å². The molecular weight excluding hydrogens is 513 g/mol. The average molecular weight is 534 g/mol. The minimum absolute atomic E-state index is 0.130. The number of fused-ring (bicyclic) bond motifs is 1. The molecule has 176 valence electrons. The van der Waals surface area contributed by atoms with Gasteiger partial charge in [-0.1, -0.05) is 52.7 Å². The van der Waals surface area contributed by atoms with Crippen LogP contribution >= 0.6 is 34.5 Å². The first-order valence-corrected chi connectivity index (χ1v) is 13.7. The molecule has 1 saturated heterocycles. The lowest BCUT2D eigenvalue weighted by Gasteiger charge is -2.35. The van der Waals surface area contributed by atoms with E-state index in [4.69, 9.17) is 23.2 Å². The molecule has 4 aromatic rings. The SMILES string of the molecule is O=c1sc2cc(S(=O)(=O)N3CCN(c4cccc(Cl)c4)CC3)ccc2n1Cc1ccc(Cl)cc1. The Kier molecular flexibility index (Phi) is 6.43. The summed E-state index contributed by atoms with van der Waals surface area (Å²) in [6.07, 6.45) is 0. The van der Waals surface area contributed by atoms with Gasteiger partial charge < -0.3 is 4.90 Å². The van der Waals surface area contributed by atoms with Crippen LogP contribution in [0, 0.1) is 0 Å². The Morgan fingerprint density at radius 2 is 1.59 bits per heavy atom. The zero-order chi connectivity index (χ0) is 23.9. The summed E-state index contributed by atoms with van der Waals surface area (Å²) >= 11 is 13.1. The molecule has 1 aromatic heterocycles. The molecule has 0 radical (unpaired) electrons. The maximum atomic E-state index is 13.3. The highest BCUT2D eigenvalue weighted by molar-refractivity contribution is 7.89. The quantitative estimate of drug-likeness (QED) is 0.365. The number of thiazole rings is 1. The molecule has 1 fully saturated rings. The first kappa shape index (κ1) is 23.4. The van der Waals surface area contributed by atoms with Gasteiger partial charge in [0.2, 0.25) is 10.0 Å². The number of hydrogen-bond acceptors (Lipinski definition) is 5. The van der Waals surface area contributed by atoms with E-state index >= 15 is 0 Å². The van der Waals surface area contributed by atoms with Crippen LogP contribution in [0.1, 0.15) is 5.56 Å². The van der Waals surface area contributed by atoms with E-state index in [2.05, 4.69) is 4.90 Å². The molecule has 0 saturated carbocycles. The third-order valence-corrected chi connectivity index (χ3v) is 9.27. The lowest BCUT2D eigenvalue weighted by molar-refractivity contribution is 0.385. The van der Waals surface area contributed by atoms with Gasteiger partial charge in [-0.3, -0.25) is 9.36 Å². The van der Waals surface area contributed by atoms with Gasteiger partial charge in [0, 0.05) is 41.9 Å². The molecule has 10 heteroatoms. The first-order valence-electron chi connectivity index (χ1n) is 10.7. The van der Waals surface area contributed by atoms with E-state index in [-0.39, 0.29) is 9.77 Å². The van der Waals surface area contributed by atoms with Crippen LogP contribution in [0.4, 0.5) is 5.69 Å². The summed E-state index contributed by atoms with van der Waals surface area (Å²) < 4.78 is 30.5. The fraction of sp³-hybridized carbons (Fsp3) is 0.208. The van der Waals surface area contributed by atoms with Crippen LogP contribution in [0.25, 0.3) is 10.2 Å². The van der Waals surface area contributed by atoms with Crippen molar-refractivity contribution in [2.75, 3.05) is 31.1 Å². The van der Waals surface area contributed by atoms with Crippen LogP contribution in [0.5, 0.6) is 0 Å². The van der Waals surface area contributed by atoms with Gasteiger partial charge in [0.1, 0.15) is 0 Å². The normalized spacial score (nSPS) is 15.2. The molecule has 5 rings (SSSR count). The van der Waals surface area contributed by atoms with Crippen LogP contribution < -0.4 is 9.77 Å². The van der Waals surface area contributed by atoms with Crippen LogP contribution in [-0.4, -0.2) is 43.5 Å². The highest BCUT2D eigenvalue weighted by atomic mass is 35.5. The predicted octanol–water partition coefficient (Wildman–Crippen LogP) is 4.93. The van der Waals surface area contributed by atoms with Crippen molar-refractivity contribution in [3.05, 3.63) is 92.0 Å². The smallest absolute Gasteiger partial charge is 0.308 e. The third kappa shape index (κ3) is 4.61. The van der Waals surface area contributed by atoms with Crippen molar-refractivity contribution < 1.29 is 8.42 Å². The molecule has 0 aliphatic carbocycles. The zero-order valence-electron chi connectivity index (χ0n) is 18.0. The van der Waals surface area contributed by atoms with E-state index in [1.165, 1.54) is 4.31 Å². The molecule has 34 heavy (non-hydrogen) atoms. The number of benzene rings is 3. The van der Waals surface area contributed by atoms with Crippen molar-refractivity contribution in [3.63, 3.8) is 0 Å². The first-order chi connectivity index (χ1) is 16.3. The number of nitrogens with zero attached hydrogens (tertiary/aromatic N) is 3. The highest BCUT2D eigenvalue weighted by Crippen LogP contribution is 2.27. The molecule has 1 aliphatic rings. The Bertz CT molecular complexity index is 1510. The topological polar surface area (TPSA) is 62.6 Å². The Morgan fingerprint density at radius 3 is 2.29 bits per heavy atom. The van der Waals surface area contributed by atoms with E-state index in [9.17, 15) is 13.2 Å². The van der Waals surface area contributed by atoms with E-state index in [0.29, 0.717) is 47.5 Å². The zero-order valence-corrected chi connectivity index (χ0v) is 21.2. The standard InChI is InChI=1S/C24H21Cl2N3O3S2/c25-18-6-4-17(5-7-18)16-29-22-9-8-21(15-23(22)33-24(29)30)34(31,32)28-12-10-27(11-13-28)20-3-1-2-19(26)14-20/h1-9,14-15H,10-13,16H2. The van der Waals surface area contributed by atoms with E-state index in [1.54, 1.807) is 34.9 Å². The van der Waals surface area contributed by atoms with Gasteiger partial charge in [-0.2, -0.15) is 4.31 Å². The van der Waals surface area contributed by atoms with Gasteiger partial charge in [0.05, 0.1) is 21.7 Å². The lowest BCUT2D eigenvalue weighted by Crippen LogP contribution is -2.48. The van der Waals surface area contributed by atoms with E-state index in [1.807, 2.05) is 36.4 Å². The van der Waals surface area contributed by atoms with Crippen molar-refractivity contribution >= 4 is 60.5 Å². The average Bonchev–Trinajstić information content (AvgIpc) is 3.14. The van der Waals surface area contributed by atoms with Gasteiger partial charge in [0.25, 0.3) is 0 Å². The van der Waals surface area contributed by atoms with Crippen molar-refractivity contribution in [3.8, 4) is 0 Å². The number of rotatable bonds is 5. The second kappa shape index (κ2) is 9.36. The summed E-state index contributed by atoms with van der Waals surface area (Å²) in [5, 5.41) is 1.29. The second-order valence-electron chi connectivity index (χ2n) is 8.08. The Hall–Kier alpha value is -2.36. The minimum atomic E-state index is -3.67. The lowest BCUT2D eigenvalue weighted by atomic mass is 10.2. The van der Waals surface area contributed by atoms with Gasteiger partial charge >= 0.3 is 4.87 Å². The van der Waals surface area contributed by atoms with Crippen LogP contribution in [0.3, 0.4) is 0 Å². The molecule has 1 aliphatic heterocycles. The fourth-order valence-corrected chi connectivity index (χ4v) is 6.90. The van der Waals surface area contributed by atoms with Crippen molar-refractivity contribution in [1.29, 1.82) is 0 Å². The molecule has 0 unspecified atom stereocenters. The van der Waals surface area contributed by atoms with Gasteiger partial charge in [0.15, 0.2) is 0 Å². The number of sulfonamides is 1. The molecule has 0 amide bonds. The van der Waals surface area contributed by atoms with Crippen LogP contribution in [-0.2, 0) is 16.6 Å². The highest BCUT2D eigenvalue weighted by Gasteiger charge is 2.29. The molecular formula is C24H21Cl2N3O3S2. The predicted molar refractivity (Wildman–Crippen MR) is 139 cm³/mol. The second-order valence-corrected chi connectivity index (χ2v) is 11.9. The van der Waals surface area contributed by atoms with Gasteiger partial charge in [-0.05, 0) is 54.1 Å². The van der Waals surface area contributed by atoms with Crippen molar-refractivity contribution in [2.45, 2.75) is 11.4 Å². The summed E-state index contributed by atoms with van der Waals surface area (Å²) in [5.41, 5.74) is 2.65. The summed E-state index contributed by atoms with van der Waals surface area (Å²) in [6, 6.07) is 19.8. The third-order valence-electron chi connectivity index (χ3n) is 5.94. The molecule has 3 aromatic carbocycles. The number of piperazine rings is 1. The Balaban J connectivity index is 1.36. The maximum Gasteiger partial charge on any atom is 0.308 e. The molecule has 0 atom stereocenters. The van der Waals surface area contributed by atoms with Crippen molar-refractivity contribution in [1.82, 2.24) is 8.87 Å². The fourth-order valence-electron chi connectivity index (χ4n) is 4.14. The molecule has 0 spiro atoms. The summed E-state index contributed by atoms with van der Waals surface area (Å²) in [5.74, 6) is 0. The number of anilines is 1. The monoisotopic (exact) mass is 533 g/mol. The maximum absolute atomic E-state index is 13.3. The molecule has 6 nitrogen and oxygen atoms in total. The van der Waals surface area contributed by atoms with Crippen LogP contribution in [0.15, 0.2) is 76.4 Å². The van der Waals surface area contributed by atoms with Crippen LogP contribution in [0.2, 0.25) is 10.0 Å². The molecule has 2 heterocycles. The minimum Gasteiger partial charge on any atom is -0.369 e. The summed E-state index contributed by atoms with van der Waals surface area (Å²) in [6.45, 7) is 2.30. The largest absolute Gasteiger partial charge is 0.369 e. The summed E-state index contributed by atoms with van der Waals surface area (Å²) in [4.78, 5) is 14.9. The number of aromatic nitrogens is 1. The summed E-state index contributed by atoms with van der Waals surface area (Å²) in [7, 11) is -3.67. The number of halogens is 2. The number of hydrogen-bond donors (Lipinski definition) is 0. The van der Waals surface area contributed by atoms with E-state index < -0.39 is 10.0 Å². The Labute approximate surface area is 211 Å². The van der Waals surface area contributed by atoms with Gasteiger partial charge in [-0.25, -0.2) is 8.42 Å². The Morgan fingerprint density at radius 1 is 0.853 bits per heavy atom. The molecule has 0 N–H and O–H groups in total. The van der Waals surface area contributed by atoms with Gasteiger partial charge in [-0.15, -0.1) is 0 Å². The van der Waals surface area contributed by atoms with Crippen molar-refractivity contribution in [2.24, 2.45) is 0 Å².